The molecular weight excluding hydrogens is 268 g/mol. The van der Waals surface area contributed by atoms with Crippen LogP contribution in [0.5, 0.6) is 0 Å². The quantitative estimate of drug-likeness (QED) is 0.639. The number of ketones is 1. The van der Waals surface area contributed by atoms with Crippen molar-refractivity contribution >= 4 is 5.78 Å². The highest BCUT2D eigenvalue weighted by atomic mass is 16.1. The summed E-state index contributed by atoms with van der Waals surface area (Å²) in [5.74, 6) is 0.412. The number of carbonyl (C=O) groups is 1. The zero-order valence-electron chi connectivity index (χ0n) is 14.6. The molecule has 118 valence electrons. The van der Waals surface area contributed by atoms with Gasteiger partial charge in [-0.15, -0.1) is 0 Å². The molecule has 0 spiro atoms. The maximum atomic E-state index is 13.0. The second kappa shape index (κ2) is 6.64. The van der Waals surface area contributed by atoms with Crippen molar-refractivity contribution in [2.45, 2.75) is 59.8 Å². The lowest BCUT2D eigenvalue weighted by Crippen LogP contribution is -2.10. The topological polar surface area (TPSA) is 17.1 Å². The zero-order chi connectivity index (χ0) is 16.3. The summed E-state index contributed by atoms with van der Waals surface area (Å²) in [7, 11) is 0. The van der Waals surface area contributed by atoms with Gasteiger partial charge in [0.15, 0.2) is 5.78 Å². The molecule has 0 amide bonds. The number of benzene rings is 1. The molecule has 1 nitrogen and oxygen atoms in total. The molecule has 0 heterocycles. The van der Waals surface area contributed by atoms with Crippen molar-refractivity contribution < 1.29 is 4.79 Å². The largest absolute Gasteiger partial charge is 0.289 e. The van der Waals surface area contributed by atoms with Gasteiger partial charge in [-0.3, -0.25) is 4.79 Å². The van der Waals surface area contributed by atoms with Gasteiger partial charge < -0.3 is 0 Å². The van der Waals surface area contributed by atoms with Gasteiger partial charge in [-0.25, -0.2) is 0 Å². The lowest BCUT2D eigenvalue weighted by Gasteiger charge is -2.19. The molecule has 0 radical (unpaired) electrons. The standard InChI is InChI=1S/C21H28O/c1-6-7-13-17-15(2)19(16-11-9-8-10-12-16)18(20(17)22)14-21(3,4)5/h8-12,14,19H,6-7,13H2,1-5H3/b18-14-/t19-/m0/s1. The van der Waals surface area contributed by atoms with Crippen molar-refractivity contribution in [2.75, 3.05) is 0 Å². The Balaban J connectivity index is 2.50. The summed E-state index contributed by atoms with van der Waals surface area (Å²) >= 11 is 0. The first-order valence-corrected chi connectivity index (χ1v) is 8.37. The third kappa shape index (κ3) is 3.58. The number of unbranched alkanes of at least 4 members (excludes halogenated alkanes) is 1. The first kappa shape index (κ1) is 16.7. The van der Waals surface area contributed by atoms with Crippen LogP contribution in [0.3, 0.4) is 0 Å². The van der Waals surface area contributed by atoms with Crippen LogP contribution in [0.1, 0.15) is 65.4 Å². The molecule has 2 rings (SSSR count). The van der Waals surface area contributed by atoms with E-state index in [0.29, 0.717) is 0 Å². The van der Waals surface area contributed by atoms with Crippen molar-refractivity contribution in [2.24, 2.45) is 5.41 Å². The highest BCUT2D eigenvalue weighted by Gasteiger charge is 2.35. The summed E-state index contributed by atoms with van der Waals surface area (Å²) < 4.78 is 0. The SMILES string of the molecule is CCCCC1=C(C)[C@@H](c2ccccc2)/C(=C/C(C)(C)C)C1=O. The van der Waals surface area contributed by atoms with E-state index in [1.807, 2.05) is 6.07 Å². The average Bonchev–Trinajstić information content (AvgIpc) is 2.67. The predicted molar refractivity (Wildman–Crippen MR) is 94.0 cm³/mol. The number of Topliss-reactive ketones (excluding diaryl/α,β-unsaturated/α-hetero) is 1. The molecule has 0 unspecified atom stereocenters. The van der Waals surface area contributed by atoms with Crippen LogP contribution in [0.4, 0.5) is 0 Å². The molecule has 0 saturated carbocycles. The van der Waals surface area contributed by atoms with Gasteiger partial charge in [0.25, 0.3) is 0 Å². The second-order valence-corrected chi connectivity index (χ2v) is 7.40. The number of rotatable bonds is 4. The summed E-state index contributed by atoms with van der Waals surface area (Å²) in [6.45, 7) is 10.8. The van der Waals surface area contributed by atoms with E-state index in [1.165, 1.54) is 11.1 Å². The van der Waals surface area contributed by atoms with Crippen molar-refractivity contribution in [3.63, 3.8) is 0 Å². The fourth-order valence-corrected chi connectivity index (χ4v) is 3.25. The lowest BCUT2D eigenvalue weighted by molar-refractivity contribution is -0.112. The third-order valence-electron chi connectivity index (χ3n) is 4.26. The summed E-state index contributed by atoms with van der Waals surface area (Å²) in [5.41, 5.74) is 4.52. The van der Waals surface area contributed by atoms with Gasteiger partial charge in [-0.2, -0.15) is 0 Å². The van der Waals surface area contributed by atoms with Crippen LogP contribution in [0.15, 0.2) is 53.1 Å². The van der Waals surface area contributed by atoms with Crippen molar-refractivity contribution in [1.82, 2.24) is 0 Å². The number of hydrogen-bond acceptors (Lipinski definition) is 1. The van der Waals surface area contributed by atoms with E-state index in [0.717, 1.165) is 30.4 Å². The fourth-order valence-electron chi connectivity index (χ4n) is 3.25. The van der Waals surface area contributed by atoms with E-state index in [2.05, 4.69) is 65.0 Å². The van der Waals surface area contributed by atoms with Crippen LogP contribution in [0.2, 0.25) is 0 Å². The van der Waals surface area contributed by atoms with Crippen LogP contribution in [-0.2, 0) is 4.79 Å². The van der Waals surface area contributed by atoms with E-state index in [9.17, 15) is 4.79 Å². The lowest BCUT2D eigenvalue weighted by atomic mass is 9.84. The maximum Gasteiger partial charge on any atom is 0.185 e. The molecule has 1 aromatic carbocycles. The van der Waals surface area contributed by atoms with Crippen LogP contribution in [0, 0.1) is 5.41 Å². The van der Waals surface area contributed by atoms with Crippen molar-refractivity contribution in [3.8, 4) is 0 Å². The smallest absolute Gasteiger partial charge is 0.185 e. The monoisotopic (exact) mass is 296 g/mol. The Kier molecular flexibility index (Phi) is 5.05. The third-order valence-corrected chi connectivity index (χ3v) is 4.26. The van der Waals surface area contributed by atoms with Gasteiger partial charge in [-0.1, -0.05) is 76.1 Å². The van der Waals surface area contributed by atoms with E-state index >= 15 is 0 Å². The summed E-state index contributed by atoms with van der Waals surface area (Å²) in [5, 5.41) is 0. The average molecular weight is 296 g/mol. The van der Waals surface area contributed by atoms with Crippen LogP contribution in [0.25, 0.3) is 0 Å². The minimum Gasteiger partial charge on any atom is -0.289 e. The summed E-state index contributed by atoms with van der Waals surface area (Å²) in [6, 6.07) is 10.4. The molecule has 1 aromatic rings. The van der Waals surface area contributed by atoms with E-state index in [4.69, 9.17) is 0 Å². The van der Waals surface area contributed by atoms with Gasteiger partial charge in [0, 0.05) is 11.5 Å². The van der Waals surface area contributed by atoms with Gasteiger partial charge >= 0.3 is 0 Å². The van der Waals surface area contributed by atoms with Crippen LogP contribution in [-0.4, -0.2) is 5.78 Å². The molecule has 22 heavy (non-hydrogen) atoms. The Hall–Kier alpha value is -1.63. The molecule has 0 N–H and O–H groups in total. The van der Waals surface area contributed by atoms with Gasteiger partial charge in [0.1, 0.15) is 0 Å². The normalized spacial score (nSPS) is 21.0. The molecule has 1 aliphatic carbocycles. The molecule has 0 bridgehead atoms. The van der Waals surface area contributed by atoms with Crippen molar-refractivity contribution in [3.05, 3.63) is 58.7 Å². The minimum absolute atomic E-state index is 0.0124. The molecular formula is C21H28O. The zero-order valence-corrected chi connectivity index (χ0v) is 14.6. The van der Waals surface area contributed by atoms with E-state index in [-0.39, 0.29) is 17.1 Å². The Labute approximate surface area is 135 Å². The number of allylic oxidation sites excluding steroid dienone is 4. The first-order valence-electron chi connectivity index (χ1n) is 8.37. The highest BCUT2D eigenvalue weighted by molar-refractivity contribution is 6.13. The Morgan fingerprint density at radius 2 is 1.77 bits per heavy atom. The van der Waals surface area contributed by atoms with Crippen LogP contribution >= 0.6 is 0 Å². The predicted octanol–water partition coefficient (Wildman–Crippen LogP) is 5.83. The Morgan fingerprint density at radius 3 is 2.32 bits per heavy atom. The van der Waals surface area contributed by atoms with Gasteiger partial charge in [-0.05, 0) is 36.3 Å². The molecule has 0 aliphatic heterocycles. The molecule has 0 saturated heterocycles. The molecule has 1 atom stereocenters. The fraction of sp³-hybridized carbons (Fsp3) is 0.476. The first-order chi connectivity index (χ1) is 10.3. The van der Waals surface area contributed by atoms with Gasteiger partial charge in [0.05, 0.1) is 0 Å². The second-order valence-electron chi connectivity index (χ2n) is 7.40. The molecule has 0 aromatic heterocycles. The number of carbonyl (C=O) groups excluding carboxylic acids is 1. The minimum atomic E-state index is 0.0124. The van der Waals surface area contributed by atoms with Crippen LogP contribution < -0.4 is 0 Å². The molecule has 0 fully saturated rings. The number of hydrogen-bond donors (Lipinski definition) is 0. The Bertz CT molecular complexity index is 597. The molecule has 1 heteroatoms. The maximum absolute atomic E-state index is 13.0. The van der Waals surface area contributed by atoms with E-state index < -0.39 is 0 Å². The summed E-state index contributed by atoms with van der Waals surface area (Å²) in [4.78, 5) is 13.0. The summed E-state index contributed by atoms with van der Waals surface area (Å²) in [6.07, 6.45) is 5.29. The Morgan fingerprint density at radius 1 is 1.14 bits per heavy atom. The molecule has 1 aliphatic rings. The van der Waals surface area contributed by atoms with Gasteiger partial charge in [0.2, 0.25) is 0 Å². The van der Waals surface area contributed by atoms with Crippen molar-refractivity contribution in [1.29, 1.82) is 0 Å². The van der Waals surface area contributed by atoms with E-state index in [1.54, 1.807) is 0 Å². The highest BCUT2D eigenvalue weighted by Crippen LogP contribution is 2.44.